The number of nitrogens with two attached hydrogens (primary N) is 1. The minimum absolute atomic E-state index is 0.101. The lowest BCUT2D eigenvalue weighted by atomic mass is 9.91. The molecule has 2 atom stereocenters. The molecule has 0 radical (unpaired) electrons. The molecule has 1 aliphatic rings. The van der Waals surface area contributed by atoms with Gasteiger partial charge in [0.05, 0.1) is 0 Å². The summed E-state index contributed by atoms with van der Waals surface area (Å²) in [6, 6.07) is 4.80. The second-order valence-corrected chi connectivity index (χ2v) is 9.04. The van der Waals surface area contributed by atoms with Crippen molar-refractivity contribution in [1.82, 2.24) is 15.5 Å². The molecule has 1 aromatic carbocycles. The van der Waals surface area contributed by atoms with Gasteiger partial charge in [-0.15, -0.1) is 0 Å². The molecule has 180 valence electrons. The van der Waals surface area contributed by atoms with E-state index in [1.165, 1.54) is 0 Å². The molecule has 11 nitrogen and oxygen atoms in total. The number of carbonyl (C=O) groups excluding carboxylic acids is 3. The molecule has 33 heavy (non-hydrogen) atoms. The molecule has 6 N–H and O–H groups in total. The number of carbonyl (C=O) groups is 4. The van der Waals surface area contributed by atoms with Gasteiger partial charge in [-0.3, -0.25) is 15.1 Å². The number of ether oxygens (including phenoxy) is 1. The maximum absolute atomic E-state index is 13.0. The van der Waals surface area contributed by atoms with Gasteiger partial charge in [-0.1, -0.05) is 24.3 Å². The molecular weight excluding hydrogens is 430 g/mol. The summed E-state index contributed by atoms with van der Waals surface area (Å²) < 4.78 is 5.08. The topological polar surface area (TPSA) is 175 Å². The van der Waals surface area contributed by atoms with Crippen molar-refractivity contribution < 1.29 is 29.0 Å². The van der Waals surface area contributed by atoms with Crippen molar-refractivity contribution in [2.75, 3.05) is 6.54 Å². The van der Waals surface area contributed by atoms with Crippen molar-refractivity contribution in [2.24, 2.45) is 5.73 Å². The number of rotatable bonds is 9. The molecule has 0 spiro atoms. The highest BCUT2D eigenvalue weighted by Crippen LogP contribution is 2.29. The molecular formula is C22H31N5O6. The zero-order chi connectivity index (χ0) is 25.0. The molecule has 1 fully saturated rings. The molecule has 0 aliphatic carbocycles. The number of alkyl carbamates (subject to hydrolysis) is 1. The number of nitrogens with one attached hydrogen (secondary N) is 3. The fourth-order valence-electron chi connectivity index (χ4n) is 3.40. The highest BCUT2D eigenvalue weighted by atomic mass is 16.6. The number of unbranched alkanes of at least 4 members (excludes halogenated alkanes) is 1. The zero-order valence-corrected chi connectivity index (χ0v) is 19.2. The predicted molar refractivity (Wildman–Crippen MR) is 120 cm³/mol. The first-order valence-electron chi connectivity index (χ1n) is 10.6. The maximum atomic E-state index is 13.0. The van der Waals surface area contributed by atoms with E-state index in [1.807, 2.05) is 0 Å². The van der Waals surface area contributed by atoms with E-state index in [1.54, 1.807) is 52.0 Å². The highest BCUT2D eigenvalue weighted by molar-refractivity contribution is 6.07. The minimum Gasteiger partial charge on any atom is -0.480 e. The van der Waals surface area contributed by atoms with E-state index < -0.39 is 41.2 Å². The van der Waals surface area contributed by atoms with Crippen molar-refractivity contribution in [3.05, 3.63) is 35.4 Å². The number of hydrogen-bond donors (Lipinski definition) is 5. The number of urea groups is 1. The Kier molecular flexibility index (Phi) is 7.68. The number of imide groups is 1. The SMILES string of the molecule is CC(C)(C)OC(=O)N[C@@H](CCCCN1C(=O)N[C@](C)(c2ccc(C(=N)N)cc2)C1=O)C(=O)O. The number of carboxylic acids is 1. The monoisotopic (exact) mass is 461 g/mol. The lowest BCUT2D eigenvalue weighted by Gasteiger charge is -2.23. The van der Waals surface area contributed by atoms with Gasteiger partial charge in [0.15, 0.2) is 0 Å². The number of benzene rings is 1. The molecule has 0 saturated carbocycles. The number of amidine groups is 1. The molecule has 1 aromatic rings. The van der Waals surface area contributed by atoms with E-state index in [-0.39, 0.29) is 18.8 Å². The number of aliphatic carboxylic acids is 1. The summed E-state index contributed by atoms with van der Waals surface area (Å²) in [5.41, 5.74) is 4.50. The fourth-order valence-corrected chi connectivity index (χ4v) is 3.40. The third-order valence-electron chi connectivity index (χ3n) is 5.16. The number of hydrogen-bond acceptors (Lipinski definition) is 6. The van der Waals surface area contributed by atoms with Crippen LogP contribution in [0.3, 0.4) is 0 Å². The van der Waals surface area contributed by atoms with Gasteiger partial charge < -0.3 is 26.2 Å². The average molecular weight is 462 g/mol. The van der Waals surface area contributed by atoms with Gasteiger partial charge in [0.25, 0.3) is 5.91 Å². The van der Waals surface area contributed by atoms with Crippen molar-refractivity contribution in [2.45, 2.75) is 64.1 Å². The van der Waals surface area contributed by atoms with Gasteiger partial charge in [-0.2, -0.15) is 0 Å². The largest absolute Gasteiger partial charge is 0.480 e. The average Bonchev–Trinajstić information content (AvgIpc) is 2.92. The van der Waals surface area contributed by atoms with E-state index in [0.29, 0.717) is 24.0 Å². The first kappa shape index (κ1) is 25.6. The summed E-state index contributed by atoms with van der Waals surface area (Å²) in [4.78, 5) is 49.8. The van der Waals surface area contributed by atoms with Crippen LogP contribution in [0.15, 0.2) is 24.3 Å². The van der Waals surface area contributed by atoms with Crippen molar-refractivity contribution in [3.8, 4) is 0 Å². The second kappa shape index (κ2) is 9.88. The standard InChI is InChI=1S/C22H31N5O6/c1-21(2,3)33-20(32)25-15(17(28)29)7-5-6-12-27-18(30)22(4,26-19(27)31)14-10-8-13(9-11-14)16(23)24/h8-11,15H,5-7,12H2,1-4H3,(H3,23,24)(H,25,32)(H,26,31)(H,28,29)/t15-,22+/m0/s1. The Morgan fingerprint density at radius 1 is 1.24 bits per heavy atom. The van der Waals surface area contributed by atoms with Crippen LogP contribution in [0.2, 0.25) is 0 Å². The van der Waals surface area contributed by atoms with Crippen LogP contribution >= 0.6 is 0 Å². The lowest BCUT2D eigenvalue weighted by molar-refractivity contribution is -0.139. The smallest absolute Gasteiger partial charge is 0.408 e. The fraction of sp³-hybridized carbons (Fsp3) is 0.500. The third-order valence-corrected chi connectivity index (χ3v) is 5.16. The van der Waals surface area contributed by atoms with Gasteiger partial charge in [-0.05, 0) is 52.5 Å². The molecule has 4 amide bonds. The summed E-state index contributed by atoms with van der Waals surface area (Å²) >= 11 is 0. The van der Waals surface area contributed by atoms with Crippen LogP contribution in [0.4, 0.5) is 9.59 Å². The summed E-state index contributed by atoms with van der Waals surface area (Å²) in [5.74, 6) is -1.72. The van der Waals surface area contributed by atoms with E-state index >= 15 is 0 Å². The number of carboxylic acid groups (broad SMARTS) is 1. The zero-order valence-electron chi connectivity index (χ0n) is 19.2. The molecule has 0 aromatic heterocycles. The van der Waals surface area contributed by atoms with Crippen LogP contribution in [0.25, 0.3) is 0 Å². The van der Waals surface area contributed by atoms with Crippen LogP contribution in [0, 0.1) is 5.41 Å². The Labute approximate surface area is 192 Å². The Morgan fingerprint density at radius 3 is 2.36 bits per heavy atom. The Hall–Kier alpha value is -3.63. The van der Waals surface area contributed by atoms with Crippen LogP contribution in [0.5, 0.6) is 0 Å². The molecule has 0 unspecified atom stereocenters. The van der Waals surface area contributed by atoms with E-state index in [0.717, 1.165) is 4.90 Å². The maximum Gasteiger partial charge on any atom is 0.408 e. The first-order chi connectivity index (χ1) is 15.2. The van der Waals surface area contributed by atoms with Gasteiger partial charge in [0.1, 0.15) is 23.0 Å². The van der Waals surface area contributed by atoms with Gasteiger partial charge in [0.2, 0.25) is 0 Å². The van der Waals surface area contributed by atoms with Gasteiger partial charge in [0, 0.05) is 12.1 Å². The predicted octanol–water partition coefficient (Wildman–Crippen LogP) is 1.89. The quantitative estimate of drug-likeness (QED) is 0.161. The van der Waals surface area contributed by atoms with Crippen LogP contribution < -0.4 is 16.4 Å². The van der Waals surface area contributed by atoms with Crippen LogP contribution in [-0.4, -0.2) is 58.0 Å². The van der Waals surface area contributed by atoms with E-state index in [9.17, 15) is 24.3 Å². The highest BCUT2D eigenvalue weighted by Gasteiger charge is 2.48. The van der Waals surface area contributed by atoms with Crippen LogP contribution in [0.1, 0.15) is 58.1 Å². The number of amides is 4. The summed E-state index contributed by atoms with van der Waals surface area (Å²) in [6.07, 6.45) is 0.00396. The normalized spacial score (nSPS) is 19.1. The number of nitrogens with zero attached hydrogens (tertiary/aromatic N) is 1. The molecule has 2 rings (SSSR count). The van der Waals surface area contributed by atoms with Crippen molar-refractivity contribution >= 4 is 29.8 Å². The minimum atomic E-state index is -1.26. The number of nitrogen functional groups attached to an aromatic ring is 1. The molecule has 0 bridgehead atoms. The summed E-state index contributed by atoms with van der Waals surface area (Å²) in [5, 5.41) is 21.8. The summed E-state index contributed by atoms with van der Waals surface area (Å²) in [6.45, 7) is 6.72. The first-order valence-corrected chi connectivity index (χ1v) is 10.6. The van der Waals surface area contributed by atoms with Crippen LogP contribution in [-0.2, 0) is 19.9 Å². The Balaban J connectivity index is 1.93. The Morgan fingerprint density at radius 2 is 1.85 bits per heavy atom. The van der Waals surface area contributed by atoms with E-state index in [4.69, 9.17) is 15.9 Å². The van der Waals surface area contributed by atoms with Crippen molar-refractivity contribution in [1.29, 1.82) is 5.41 Å². The Bertz CT molecular complexity index is 940. The third kappa shape index (κ3) is 6.43. The second-order valence-electron chi connectivity index (χ2n) is 9.04. The van der Waals surface area contributed by atoms with Crippen molar-refractivity contribution in [3.63, 3.8) is 0 Å². The van der Waals surface area contributed by atoms with Gasteiger partial charge >= 0.3 is 18.1 Å². The molecule has 1 heterocycles. The van der Waals surface area contributed by atoms with Gasteiger partial charge in [-0.25, -0.2) is 14.4 Å². The molecule has 11 heteroatoms. The molecule has 1 saturated heterocycles. The summed E-state index contributed by atoms with van der Waals surface area (Å²) in [7, 11) is 0. The lowest BCUT2D eigenvalue weighted by Crippen LogP contribution is -2.43. The molecule has 1 aliphatic heterocycles. The van der Waals surface area contributed by atoms with E-state index in [2.05, 4.69) is 10.6 Å².